The van der Waals surface area contributed by atoms with Gasteiger partial charge >= 0.3 is 12.2 Å². The molecule has 0 aliphatic carbocycles. The Bertz CT molecular complexity index is 1010. The Hall–Kier alpha value is -3.21. The van der Waals surface area contributed by atoms with Crippen molar-refractivity contribution in [1.29, 1.82) is 5.26 Å². The molecule has 170 valence electrons. The minimum absolute atomic E-state index is 0.203. The molecule has 0 unspecified atom stereocenters. The van der Waals surface area contributed by atoms with Crippen LogP contribution in [0.3, 0.4) is 0 Å². The molecule has 1 N–H and O–H groups in total. The van der Waals surface area contributed by atoms with Gasteiger partial charge in [0.25, 0.3) is 0 Å². The maximum Gasteiger partial charge on any atom is 0.417 e. The Morgan fingerprint density at radius 2 is 1.72 bits per heavy atom. The zero-order chi connectivity index (χ0) is 23.7. The predicted molar refractivity (Wildman–Crippen MR) is 117 cm³/mol. The summed E-state index contributed by atoms with van der Waals surface area (Å²) in [6.07, 6.45) is -4.61. The number of amides is 2. The van der Waals surface area contributed by atoms with Crippen LogP contribution >= 0.6 is 0 Å². The van der Waals surface area contributed by atoms with Crippen LogP contribution in [0.2, 0.25) is 0 Å². The van der Waals surface area contributed by atoms with Crippen LogP contribution in [0.4, 0.5) is 23.7 Å². The minimum atomic E-state index is -4.61. The highest BCUT2D eigenvalue weighted by Gasteiger charge is 2.37. The molecule has 2 aromatic carbocycles. The van der Waals surface area contributed by atoms with Gasteiger partial charge in [0.2, 0.25) is 0 Å². The van der Waals surface area contributed by atoms with E-state index in [1.165, 1.54) is 12.1 Å². The van der Waals surface area contributed by atoms with Crippen molar-refractivity contribution in [3.05, 3.63) is 65.2 Å². The van der Waals surface area contributed by atoms with Crippen molar-refractivity contribution < 1.29 is 18.0 Å². The predicted octanol–water partition coefficient (Wildman–Crippen LogP) is 5.12. The maximum atomic E-state index is 13.4. The average molecular weight is 445 g/mol. The molecule has 1 saturated heterocycles. The van der Waals surface area contributed by atoms with Crippen LogP contribution in [-0.4, -0.2) is 36.1 Å². The quantitative estimate of drug-likeness (QED) is 0.715. The van der Waals surface area contributed by atoms with Gasteiger partial charge in [-0.15, -0.1) is 0 Å². The van der Waals surface area contributed by atoms with Crippen molar-refractivity contribution >= 4 is 11.7 Å². The minimum Gasteiger partial charge on any atom is -0.365 e. The van der Waals surface area contributed by atoms with E-state index in [0.717, 1.165) is 11.6 Å². The second-order valence-electron chi connectivity index (χ2n) is 8.76. The third-order valence-corrected chi connectivity index (χ3v) is 5.92. The summed E-state index contributed by atoms with van der Waals surface area (Å²) in [7, 11) is 0. The number of carbonyl (C=O) groups excluding carboxylic acids is 1. The molecule has 0 radical (unpaired) electrons. The third-order valence-electron chi connectivity index (χ3n) is 5.92. The van der Waals surface area contributed by atoms with Gasteiger partial charge in [-0.05, 0) is 51.5 Å². The summed E-state index contributed by atoms with van der Waals surface area (Å²) in [5.41, 5.74) is -0.553. The molecule has 32 heavy (non-hydrogen) atoms. The van der Waals surface area contributed by atoms with Crippen molar-refractivity contribution in [2.24, 2.45) is 0 Å². The number of nitrogens with zero attached hydrogens (tertiary/aromatic N) is 3. The van der Waals surface area contributed by atoms with Crippen molar-refractivity contribution in [3.8, 4) is 6.07 Å². The highest BCUT2D eigenvalue weighted by Crippen LogP contribution is 2.35. The van der Waals surface area contributed by atoms with Gasteiger partial charge in [0.05, 0.1) is 22.7 Å². The number of anilines is 1. The Morgan fingerprint density at radius 1 is 1.06 bits per heavy atom. The summed E-state index contributed by atoms with van der Waals surface area (Å²) in [4.78, 5) is 16.6. The number of nitriles is 1. The molecule has 0 bridgehead atoms. The maximum absolute atomic E-state index is 13.4. The fourth-order valence-corrected chi connectivity index (χ4v) is 4.08. The van der Waals surface area contributed by atoms with E-state index in [9.17, 15) is 18.0 Å². The monoisotopic (exact) mass is 444 g/mol. The Labute approximate surface area is 186 Å². The van der Waals surface area contributed by atoms with Gasteiger partial charge in [0.15, 0.2) is 0 Å². The number of alkyl halides is 3. The summed E-state index contributed by atoms with van der Waals surface area (Å²) < 4.78 is 40.2. The van der Waals surface area contributed by atoms with Crippen LogP contribution in [-0.2, 0) is 11.7 Å². The molecule has 1 fully saturated rings. The first-order valence-electron chi connectivity index (χ1n) is 10.5. The van der Waals surface area contributed by atoms with Crippen molar-refractivity contribution in [3.63, 3.8) is 0 Å². The lowest BCUT2D eigenvalue weighted by Gasteiger charge is -2.46. The number of urea groups is 1. The van der Waals surface area contributed by atoms with Crippen molar-refractivity contribution in [2.75, 3.05) is 18.0 Å². The third kappa shape index (κ3) is 4.82. The first-order valence-corrected chi connectivity index (χ1v) is 10.5. The van der Waals surface area contributed by atoms with E-state index in [-0.39, 0.29) is 18.1 Å². The normalized spacial score (nSPS) is 19.4. The molecular weight excluding hydrogens is 417 g/mol. The largest absolute Gasteiger partial charge is 0.417 e. The summed E-state index contributed by atoms with van der Waals surface area (Å²) in [5, 5.41) is 12.1. The summed E-state index contributed by atoms with van der Waals surface area (Å²) in [5.74, 6) is 0. The molecule has 0 spiro atoms. The lowest BCUT2D eigenvalue weighted by atomic mass is 9.94. The fraction of sp³-hybridized carbons (Fsp3) is 0.417. The molecule has 1 aliphatic heterocycles. The van der Waals surface area contributed by atoms with Crippen molar-refractivity contribution in [1.82, 2.24) is 10.2 Å². The van der Waals surface area contributed by atoms with E-state index < -0.39 is 22.8 Å². The highest BCUT2D eigenvalue weighted by molar-refractivity contribution is 5.76. The topological polar surface area (TPSA) is 59.4 Å². The van der Waals surface area contributed by atoms with Crippen LogP contribution in [0.15, 0.2) is 48.5 Å². The summed E-state index contributed by atoms with van der Waals surface area (Å²) in [6, 6.07) is 14.4. The average Bonchev–Trinajstić information content (AvgIpc) is 2.74. The second-order valence-corrected chi connectivity index (χ2v) is 8.76. The number of hydrogen-bond donors (Lipinski definition) is 1. The van der Waals surface area contributed by atoms with Gasteiger partial charge in [0.1, 0.15) is 0 Å². The zero-order valence-electron chi connectivity index (χ0n) is 18.6. The van der Waals surface area contributed by atoms with Crippen LogP contribution < -0.4 is 10.2 Å². The van der Waals surface area contributed by atoms with Crippen LogP contribution in [0.25, 0.3) is 0 Å². The lowest BCUT2D eigenvalue weighted by Crippen LogP contribution is -2.61. The van der Waals surface area contributed by atoms with Gasteiger partial charge in [-0.2, -0.15) is 18.4 Å². The molecule has 1 aliphatic rings. The molecule has 5 nitrogen and oxygen atoms in total. The van der Waals surface area contributed by atoms with Gasteiger partial charge in [-0.25, -0.2) is 4.79 Å². The van der Waals surface area contributed by atoms with E-state index in [2.05, 4.69) is 5.32 Å². The zero-order valence-corrected chi connectivity index (χ0v) is 18.6. The van der Waals surface area contributed by atoms with Crippen molar-refractivity contribution in [2.45, 2.75) is 51.5 Å². The standard InChI is InChI=1S/C24H27F3N4O/c1-16-15-31(22(32)29-23(3,4)19-8-6-5-7-9-19)17(2)14-30(16)20-11-10-18(13-28)21(12-20)24(25,26)27/h5-12,16-17H,14-15H2,1-4H3,(H,29,32)/t16-,17+/m0/s1. The summed E-state index contributed by atoms with van der Waals surface area (Å²) >= 11 is 0. The van der Waals surface area contributed by atoms with E-state index in [0.29, 0.717) is 18.8 Å². The van der Waals surface area contributed by atoms with E-state index >= 15 is 0 Å². The number of benzene rings is 2. The highest BCUT2D eigenvalue weighted by atomic mass is 19.4. The number of halogens is 3. The second kappa shape index (κ2) is 8.73. The molecule has 8 heteroatoms. The number of carbonyl (C=O) groups is 1. The molecule has 2 atom stereocenters. The van der Waals surface area contributed by atoms with Gasteiger partial charge in [0, 0.05) is 30.9 Å². The van der Waals surface area contributed by atoms with E-state index in [4.69, 9.17) is 5.26 Å². The van der Waals surface area contributed by atoms with Gasteiger partial charge in [-0.3, -0.25) is 0 Å². The number of piperazine rings is 1. The molecule has 2 amide bonds. The molecule has 0 aromatic heterocycles. The van der Waals surface area contributed by atoms with Crippen LogP contribution in [0.5, 0.6) is 0 Å². The SMILES string of the molecule is C[C@@H]1CN(c2ccc(C#N)c(C(F)(F)F)c2)[C@@H](C)CN1C(=O)NC(C)(C)c1ccccc1. The first-order chi connectivity index (χ1) is 14.9. The number of nitrogens with one attached hydrogen (secondary N) is 1. The van der Waals surface area contributed by atoms with E-state index in [1.807, 2.05) is 62.9 Å². The Balaban J connectivity index is 1.77. The Kier molecular flexibility index (Phi) is 6.40. The van der Waals surface area contributed by atoms with Crippen LogP contribution in [0.1, 0.15) is 44.4 Å². The molecule has 1 heterocycles. The Morgan fingerprint density at radius 3 is 2.31 bits per heavy atom. The fourth-order valence-electron chi connectivity index (χ4n) is 4.08. The van der Waals surface area contributed by atoms with E-state index in [1.54, 1.807) is 11.0 Å². The van der Waals surface area contributed by atoms with Gasteiger partial charge < -0.3 is 15.1 Å². The number of rotatable bonds is 3. The molecular formula is C24H27F3N4O. The summed E-state index contributed by atoms with van der Waals surface area (Å²) in [6.45, 7) is 8.35. The number of hydrogen-bond acceptors (Lipinski definition) is 3. The lowest BCUT2D eigenvalue weighted by molar-refractivity contribution is -0.137. The first kappa shape index (κ1) is 23.5. The molecule has 0 saturated carbocycles. The molecule has 2 aromatic rings. The smallest absolute Gasteiger partial charge is 0.365 e. The van der Waals surface area contributed by atoms with Crippen LogP contribution in [0, 0.1) is 11.3 Å². The van der Waals surface area contributed by atoms with Gasteiger partial charge in [-0.1, -0.05) is 30.3 Å². The molecule has 3 rings (SSSR count).